The molecule has 0 radical (unpaired) electrons. The summed E-state index contributed by atoms with van der Waals surface area (Å²) >= 11 is 11.2. The highest BCUT2D eigenvalue weighted by atomic mass is 79.9. The van der Waals surface area contributed by atoms with E-state index >= 15 is 0 Å². The highest BCUT2D eigenvalue weighted by Crippen LogP contribution is 2.37. The van der Waals surface area contributed by atoms with Gasteiger partial charge in [-0.2, -0.15) is 4.99 Å². The number of aliphatic imine (C=N–C) groups is 1. The van der Waals surface area contributed by atoms with Crippen LogP contribution in [0.25, 0.3) is 0 Å². The fourth-order valence-electron chi connectivity index (χ4n) is 0.926. The van der Waals surface area contributed by atoms with Crippen molar-refractivity contribution in [2.24, 2.45) is 4.99 Å². The average molecular weight is 322 g/mol. The molecule has 0 amide bonds. The van der Waals surface area contributed by atoms with Crippen LogP contribution in [0.4, 0.5) is 11.4 Å². The molecule has 0 atom stereocenters. The van der Waals surface area contributed by atoms with Gasteiger partial charge in [0.25, 0.3) is 0 Å². The second-order valence-corrected chi connectivity index (χ2v) is 4.32. The van der Waals surface area contributed by atoms with Gasteiger partial charge in [-0.25, -0.2) is 0 Å². The Labute approximate surface area is 98.5 Å². The van der Waals surface area contributed by atoms with Crippen molar-refractivity contribution in [1.29, 1.82) is 0 Å². The summed E-state index contributed by atoms with van der Waals surface area (Å²) in [6.07, 6.45) is 0. The largest absolute Gasteiger partial charge is 0.398 e. The van der Waals surface area contributed by atoms with Crippen LogP contribution >= 0.6 is 44.1 Å². The number of thiocarbonyl (C=S) groups is 1. The Kier molecular flexibility index (Phi) is 3.62. The van der Waals surface area contributed by atoms with Gasteiger partial charge in [-0.15, -0.1) is 0 Å². The number of rotatable bonds is 1. The Morgan fingerprint density at radius 2 is 2.08 bits per heavy atom. The molecular weight excluding hydrogens is 316 g/mol. The van der Waals surface area contributed by atoms with Crippen molar-refractivity contribution in [3.8, 4) is 0 Å². The second-order valence-electron chi connectivity index (χ2n) is 2.43. The quantitative estimate of drug-likeness (QED) is 0.485. The van der Waals surface area contributed by atoms with E-state index in [0.717, 1.165) is 20.2 Å². The van der Waals surface area contributed by atoms with Crippen molar-refractivity contribution >= 4 is 60.6 Å². The smallest absolute Gasteiger partial charge is 0.0931 e. The third-order valence-electron chi connectivity index (χ3n) is 1.65. The molecule has 0 aliphatic carbocycles. The van der Waals surface area contributed by atoms with Gasteiger partial charge in [0.15, 0.2) is 0 Å². The molecule has 5 heteroatoms. The minimum absolute atomic E-state index is 0.673. The maximum absolute atomic E-state index is 5.79. The van der Waals surface area contributed by atoms with Gasteiger partial charge in [0.1, 0.15) is 0 Å². The number of halogens is 2. The topological polar surface area (TPSA) is 38.4 Å². The van der Waals surface area contributed by atoms with Crippen LogP contribution in [0.3, 0.4) is 0 Å². The molecule has 1 aromatic carbocycles. The number of nitrogens with zero attached hydrogens (tertiary/aromatic N) is 1. The number of nitrogen functional groups attached to an aromatic ring is 1. The van der Waals surface area contributed by atoms with Crippen molar-refractivity contribution in [1.82, 2.24) is 0 Å². The summed E-state index contributed by atoms with van der Waals surface area (Å²) in [5.41, 5.74) is 8.09. The van der Waals surface area contributed by atoms with Gasteiger partial charge in [-0.3, -0.25) is 0 Å². The van der Waals surface area contributed by atoms with Crippen molar-refractivity contribution < 1.29 is 0 Å². The Morgan fingerprint density at radius 1 is 1.46 bits per heavy atom. The number of isothiocyanates is 1. The second kappa shape index (κ2) is 4.33. The fraction of sp³-hybridized carbons (Fsp3) is 0.125. The zero-order valence-corrected chi connectivity index (χ0v) is 10.8. The van der Waals surface area contributed by atoms with Crippen molar-refractivity contribution in [2.45, 2.75) is 6.92 Å². The molecule has 1 aromatic rings. The maximum atomic E-state index is 5.79. The van der Waals surface area contributed by atoms with Gasteiger partial charge in [-0.05, 0) is 57.1 Å². The molecule has 0 heterocycles. The summed E-state index contributed by atoms with van der Waals surface area (Å²) in [6, 6.07) is 1.84. The van der Waals surface area contributed by atoms with Gasteiger partial charge in [0, 0.05) is 14.5 Å². The van der Waals surface area contributed by atoms with Crippen LogP contribution in [0.1, 0.15) is 5.56 Å². The highest BCUT2D eigenvalue weighted by Gasteiger charge is 2.08. The summed E-state index contributed by atoms with van der Waals surface area (Å²) in [6.45, 7) is 1.89. The predicted molar refractivity (Wildman–Crippen MR) is 65.7 cm³/mol. The Bertz CT molecular complexity index is 398. The molecule has 1 rings (SSSR count). The predicted octanol–water partition coefficient (Wildman–Crippen LogP) is 3.84. The molecule has 0 aromatic heterocycles. The lowest BCUT2D eigenvalue weighted by Gasteiger charge is -2.07. The summed E-state index contributed by atoms with van der Waals surface area (Å²) in [5.74, 6) is 0. The van der Waals surface area contributed by atoms with Crippen LogP contribution in [0.15, 0.2) is 20.0 Å². The van der Waals surface area contributed by atoms with E-state index in [2.05, 4.69) is 54.2 Å². The lowest BCUT2D eigenvalue weighted by Crippen LogP contribution is -1.91. The molecule has 0 fully saturated rings. The Balaban J connectivity index is 3.52. The number of hydrogen-bond donors (Lipinski definition) is 1. The minimum atomic E-state index is 0.673. The highest BCUT2D eigenvalue weighted by molar-refractivity contribution is 9.11. The number of anilines is 1. The minimum Gasteiger partial charge on any atom is -0.398 e. The molecular formula is C8H6Br2N2S. The standard InChI is InChI=1S/C8H6Br2N2S/c1-4-7(11)5(9)2-6(10)8(4)12-3-13/h2H,11H2,1H3. The third-order valence-corrected chi connectivity index (χ3v) is 3.01. The van der Waals surface area contributed by atoms with Crippen molar-refractivity contribution in [3.05, 3.63) is 20.6 Å². The van der Waals surface area contributed by atoms with Crippen LogP contribution in [0.2, 0.25) is 0 Å². The van der Waals surface area contributed by atoms with Gasteiger partial charge >= 0.3 is 0 Å². The maximum Gasteiger partial charge on any atom is 0.0931 e. The first-order chi connectivity index (χ1) is 6.07. The van der Waals surface area contributed by atoms with Gasteiger partial charge in [-0.1, -0.05) is 0 Å². The third kappa shape index (κ3) is 2.17. The van der Waals surface area contributed by atoms with E-state index in [9.17, 15) is 0 Å². The normalized spacial score (nSPS) is 9.46. The first kappa shape index (κ1) is 10.9. The van der Waals surface area contributed by atoms with Crippen LogP contribution in [-0.2, 0) is 0 Å². The van der Waals surface area contributed by atoms with Crippen LogP contribution in [0.5, 0.6) is 0 Å². The lowest BCUT2D eigenvalue weighted by atomic mass is 10.1. The van der Waals surface area contributed by atoms with E-state index in [4.69, 9.17) is 5.73 Å². The van der Waals surface area contributed by atoms with E-state index in [1.54, 1.807) is 0 Å². The summed E-state index contributed by atoms with van der Waals surface area (Å²) in [4.78, 5) is 3.92. The van der Waals surface area contributed by atoms with Crippen LogP contribution in [-0.4, -0.2) is 5.16 Å². The van der Waals surface area contributed by atoms with E-state index < -0.39 is 0 Å². The average Bonchev–Trinajstić information content (AvgIpc) is 2.09. The summed E-state index contributed by atoms with van der Waals surface area (Å²) in [7, 11) is 0. The summed E-state index contributed by atoms with van der Waals surface area (Å²) < 4.78 is 1.70. The van der Waals surface area contributed by atoms with Crippen LogP contribution < -0.4 is 5.73 Å². The zero-order chi connectivity index (χ0) is 10.0. The molecule has 0 aliphatic heterocycles. The van der Waals surface area contributed by atoms with E-state index in [-0.39, 0.29) is 0 Å². The molecule has 0 saturated heterocycles. The van der Waals surface area contributed by atoms with E-state index in [1.165, 1.54) is 0 Å². The van der Waals surface area contributed by atoms with E-state index in [1.807, 2.05) is 13.0 Å². The molecule has 0 bridgehead atoms. The molecule has 0 aliphatic rings. The number of nitrogens with two attached hydrogens (primary N) is 1. The molecule has 2 nitrogen and oxygen atoms in total. The van der Waals surface area contributed by atoms with Gasteiger partial charge in [0.2, 0.25) is 0 Å². The molecule has 2 N–H and O–H groups in total. The van der Waals surface area contributed by atoms with E-state index in [0.29, 0.717) is 5.69 Å². The van der Waals surface area contributed by atoms with Crippen molar-refractivity contribution in [3.63, 3.8) is 0 Å². The first-order valence-corrected chi connectivity index (χ1v) is 5.39. The van der Waals surface area contributed by atoms with Crippen molar-refractivity contribution in [2.75, 3.05) is 5.73 Å². The lowest BCUT2D eigenvalue weighted by molar-refractivity contribution is 1.38. The summed E-state index contributed by atoms with van der Waals surface area (Å²) in [5, 5.41) is 2.32. The molecule has 0 spiro atoms. The van der Waals surface area contributed by atoms with Gasteiger partial charge < -0.3 is 5.73 Å². The molecule has 0 saturated carbocycles. The van der Waals surface area contributed by atoms with Crippen LogP contribution in [0, 0.1) is 6.92 Å². The number of benzene rings is 1. The molecule has 68 valence electrons. The fourth-order valence-corrected chi connectivity index (χ4v) is 2.47. The first-order valence-electron chi connectivity index (χ1n) is 3.40. The number of hydrogen-bond acceptors (Lipinski definition) is 3. The zero-order valence-electron chi connectivity index (χ0n) is 6.77. The SMILES string of the molecule is Cc1c(N)c(Br)cc(Br)c1N=C=S. The Hall–Kier alpha value is -0.220. The van der Waals surface area contributed by atoms with Gasteiger partial charge in [0.05, 0.1) is 16.5 Å². The molecule has 13 heavy (non-hydrogen) atoms. The monoisotopic (exact) mass is 320 g/mol. The Morgan fingerprint density at radius 3 is 2.62 bits per heavy atom. The molecule has 0 unspecified atom stereocenters.